The van der Waals surface area contributed by atoms with Crippen LogP contribution in [0.25, 0.3) is 5.57 Å². The van der Waals surface area contributed by atoms with E-state index in [1.165, 1.54) is 10.8 Å². The highest BCUT2D eigenvalue weighted by molar-refractivity contribution is 5.85. The molecule has 4 heteroatoms. The van der Waals surface area contributed by atoms with E-state index in [2.05, 4.69) is 16.1 Å². The van der Waals surface area contributed by atoms with Crippen molar-refractivity contribution in [3.05, 3.63) is 46.6 Å². The molecule has 0 fully saturated rings. The molecule has 0 N–H and O–H groups in total. The van der Waals surface area contributed by atoms with Crippen LogP contribution < -0.4 is 10.6 Å². The molecule has 2 heterocycles. The number of para-hydroxylation sites is 1. The number of dihydropyridines is 1. The zero-order valence-corrected chi connectivity index (χ0v) is 9.52. The van der Waals surface area contributed by atoms with Crippen molar-refractivity contribution in [1.82, 2.24) is 0 Å². The number of fused-ring (bicyclic) bond motifs is 2. The van der Waals surface area contributed by atoms with Crippen molar-refractivity contribution < 1.29 is 0 Å². The van der Waals surface area contributed by atoms with Crippen molar-refractivity contribution in [1.29, 1.82) is 0 Å². The van der Waals surface area contributed by atoms with Crippen LogP contribution in [-0.4, -0.2) is 12.8 Å². The molecule has 0 saturated heterocycles. The van der Waals surface area contributed by atoms with E-state index >= 15 is 0 Å². The van der Waals surface area contributed by atoms with Crippen LogP contribution in [0.5, 0.6) is 0 Å². The summed E-state index contributed by atoms with van der Waals surface area (Å²) in [5.41, 5.74) is 2.34. The van der Waals surface area contributed by atoms with Crippen LogP contribution in [0.15, 0.2) is 46.0 Å². The van der Waals surface area contributed by atoms with Crippen LogP contribution in [0.3, 0.4) is 0 Å². The van der Waals surface area contributed by atoms with Crippen LogP contribution in [0, 0.1) is 0 Å². The van der Waals surface area contributed by atoms with Gasteiger partial charge >= 0.3 is 0 Å². The van der Waals surface area contributed by atoms with Crippen molar-refractivity contribution >= 4 is 36.6 Å². The van der Waals surface area contributed by atoms with Crippen LogP contribution in [0.4, 0.5) is 0 Å². The minimum atomic E-state index is 0. The van der Waals surface area contributed by atoms with Gasteiger partial charge < -0.3 is 0 Å². The summed E-state index contributed by atoms with van der Waals surface area (Å²) in [6.45, 7) is 0.770. The van der Waals surface area contributed by atoms with Gasteiger partial charge in [-0.2, -0.15) is 0 Å². The summed E-state index contributed by atoms with van der Waals surface area (Å²) in [6.07, 6.45) is 3.80. The average molecular weight is 241 g/mol. The number of benzene rings is 1. The predicted octanol–water partition coefficient (Wildman–Crippen LogP) is 1.28. The van der Waals surface area contributed by atoms with E-state index < -0.39 is 0 Å². The van der Waals surface area contributed by atoms with Gasteiger partial charge in [0.2, 0.25) is 0 Å². The molecule has 0 aliphatic carbocycles. The summed E-state index contributed by atoms with van der Waals surface area (Å²) in [5.74, 6) is 0. The Labute approximate surface area is 100.0 Å². The molecule has 1 aromatic carbocycles. The highest BCUT2D eigenvalue weighted by atomic mass is 35.5. The summed E-state index contributed by atoms with van der Waals surface area (Å²) in [5, 5.41) is 2.32. The van der Waals surface area contributed by atoms with Crippen molar-refractivity contribution in [2.45, 2.75) is 0 Å². The standard InChI is InChI=1S/C11H8N2.2ClH/c1-2-4-10-8(3-1)9-7-12-6-5-11(9)13-10;;/h1-6H,7H2;2*1H. The summed E-state index contributed by atoms with van der Waals surface area (Å²) in [7, 11) is 0. The van der Waals surface area contributed by atoms with Crippen molar-refractivity contribution in [3.63, 3.8) is 0 Å². The number of rotatable bonds is 0. The second-order valence-corrected chi connectivity index (χ2v) is 3.15. The van der Waals surface area contributed by atoms with Gasteiger partial charge in [0.1, 0.15) is 0 Å². The maximum atomic E-state index is 4.51. The molecule has 0 aromatic heterocycles. The topological polar surface area (TPSA) is 24.7 Å². The third kappa shape index (κ3) is 1.83. The van der Waals surface area contributed by atoms with E-state index in [9.17, 15) is 0 Å². The lowest BCUT2D eigenvalue weighted by Crippen LogP contribution is -2.22. The normalized spacial score (nSPS) is 15.2. The fourth-order valence-electron chi connectivity index (χ4n) is 1.73. The second kappa shape index (κ2) is 4.60. The lowest BCUT2D eigenvalue weighted by molar-refractivity contribution is 1.22. The molecule has 0 amide bonds. The van der Waals surface area contributed by atoms with Gasteiger partial charge in [0.25, 0.3) is 0 Å². The summed E-state index contributed by atoms with van der Waals surface area (Å²) in [6, 6.07) is 8.21. The van der Waals surface area contributed by atoms with E-state index in [1.54, 1.807) is 0 Å². The Balaban J connectivity index is 0.000000562. The molecule has 0 radical (unpaired) electrons. The molecule has 0 spiro atoms. The Bertz CT molecular complexity index is 544. The first-order valence-corrected chi connectivity index (χ1v) is 4.32. The van der Waals surface area contributed by atoms with Gasteiger partial charge in [0.05, 0.1) is 17.6 Å². The first-order valence-electron chi connectivity index (χ1n) is 4.32. The zero-order valence-electron chi connectivity index (χ0n) is 7.88. The number of nitrogens with zero attached hydrogens (tertiary/aromatic N) is 2. The fraction of sp³-hybridized carbons (Fsp3) is 0.0909. The number of aliphatic imine (C=N–C) groups is 1. The first-order chi connectivity index (χ1) is 6.45. The molecule has 0 atom stereocenters. The molecule has 2 aliphatic rings. The largest absolute Gasteiger partial charge is 0.288 e. The highest BCUT2D eigenvalue weighted by Gasteiger charge is 2.12. The molecule has 2 aliphatic heterocycles. The van der Waals surface area contributed by atoms with E-state index in [0.717, 1.165) is 17.6 Å². The minimum Gasteiger partial charge on any atom is -0.288 e. The van der Waals surface area contributed by atoms with Crippen LogP contribution >= 0.6 is 24.8 Å². The smallest absolute Gasteiger partial charge is 0.0713 e. The van der Waals surface area contributed by atoms with Crippen LogP contribution in [-0.2, 0) is 0 Å². The average Bonchev–Trinajstić information content (AvgIpc) is 2.56. The van der Waals surface area contributed by atoms with Gasteiger partial charge in [-0.25, -0.2) is 4.99 Å². The fourth-order valence-corrected chi connectivity index (χ4v) is 1.73. The van der Waals surface area contributed by atoms with Gasteiger partial charge in [-0.3, -0.25) is 4.99 Å². The first kappa shape index (κ1) is 12.0. The summed E-state index contributed by atoms with van der Waals surface area (Å²) < 4.78 is 0. The molecule has 2 nitrogen and oxygen atoms in total. The summed E-state index contributed by atoms with van der Waals surface area (Å²) in [4.78, 5) is 8.73. The Morgan fingerprint density at radius 1 is 1.07 bits per heavy atom. The third-order valence-electron chi connectivity index (χ3n) is 2.37. The Morgan fingerprint density at radius 2 is 1.87 bits per heavy atom. The van der Waals surface area contributed by atoms with E-state index in [-0.39, 0.29) is 24.8 Å². The molecule has 1 aromatic rings. The lowest BCUT2D eigenvalue weighted by atomic mass is 10.1. The van der Waals surface area contributed by atoms with Gasteiger partial charge in [-0.05, 0) is 12.1 Å². The molecule has 15 heavy (non-hydrogen) atoms. The monoisotopic (exact) mass is 240 g/mol. The molecular weight excluding hydrogens is 231 g/mol. The van der Waals surface area contributed by atoms with E-state index in [1.807, 2.05) is 30.5 Å². The van der Waals surface area contributed by atoms with Crippen LogP contribution in [0.2, 0.25) is 0 Å². The SMILES string of the molecule is C1=NCC2=c3ccccc3=NC2=C1.Cl.Cl. The maximum Gasteiger partial charge on any atom is 0.0713 e. The molecule has 0 saturated carbocycles. The van der Waals surface area contributed by atoms with Gasteiger partial charge in [0.15, 0.2) is 0 Å². The zero-order chi connectivity index (χ0) is 8.67. The maximum absolute atomic E-state index is 4.51. The number of allylic oxidation sites excluding steroid dienone is 1. The Morgan fingerprint density at radius 3 is 2.73 bits per heavy atom. The molecule has 0 bridgehead atoms. The number of hydrogen-bond donors (Lipinski definition) is 0. The van der Waals surface area contributed by atoms with Crippen molar-refractivity contribution in [3.8, 4) is 0 Å². The van der Waals surface area contributed by atoms with Crippen LogP contribution in [0.1, 0.15) is 0 Å². The third-order valence-corrected chi connectivity index (χ3v) is 2.37. The molecular formula is C11H10Cl2N2. The van der Waals surface area contributed by atoms with E-state index in [4.69, 9.17) is 0 Å². The quantitative estimate of drug-likeness (QED) is 0.653. The molecule has 78 valence electrons. The molecule has 0 unspecified atom stereocenters. The second-order valence-electron chi connectivity index (χ2n) is 3.15. The highest BCUT2D eigenvalue weighted by Crippen LogP contribution is 2.15. The Hall–Kier alpha value is -1.12. The summed E-state index contributed by atoms with van der Waals surface area (Å²) >= 11 is 0. The van der Waals surface area contributed by atoms with Gasteiger partial charge in [0, 0.05) is 17.0 Å². The van der Waals surface area contributed by atoms with Crippen molar-refractivity contribution in [2.75, 3.05) is 6.54 Å². The number of hydrogen-bond acceptors (Lipinski definition) is 2. The van der Waals surface area contributed by atoms with Gasteiger partial charge in [-0.15, -0.1) is 24.8 Å². The predicted molar refractivity (Wildman–Crippen MR) is 66.6 cm³/mol. The van der Waals surface area contributed by atoms with E-state index in [0.29, 0.717) is 0 Å². The number of halogens is 2. The lowest BCUT2D eigenvalue weighted by Gasteiger charge is -2.02. The minimum absolute atomic E-state index is 0. The Kier molecular flexibility index (Phi) is 3.66. The van der Waals surface area contributed by atoms with Gasteiger partial charge in [-0.1, -0.05) is 18.2 Å². The van der Waals surface area contributed by atoms with Crippen molar-refractivity contribution in [2.24, 2.45) is 9.98 Å². The molecule has 3 rings (SSSR count).